The second kappa shape index (κ2) is 14.9. The normalized spacial score (nSPS) is 16.2. The summed E-state index contributed by atoms with van der Waals surface area (Å²) in [5, 5.41) is 12.8. The summed E-state index contributed by atoms with van der Waals surface area (Å²) in [5.41, 5.74) is 4.22. The molecule has 0 unspecified atom stereocenters. The molecule has 10 nitrogen and oxygen atoms in total. The van der Waals surface area contributed by atoms with Crippen molar-refractivity contribution in [2.45, 2.75) is 6.42 Å². The zero-order valence-corrected chi connectivity index (χ0v) is 27.0. The van der Waals surface area contributed by atoms with E-state index in [-0.39, 0.29) is 30.3 Å². The van der Waals surface area contributed by atoms with Crippen LogP contribution in [-0.2, 0) is 14.3 Å². The van der Waals surface area contributed by atoms with Gasteiger partial charge in [0.25, 0.3) is 5.91 Å². The molecule has 0 aliphatic carbocycles. The lowest BCUT2D eigenvalue weighted by molar-refractivity contribution is -0.122. The molecule has 3 aromatic carbocycles. The van der Waals surface area contributed by atoms with Gasteiger partial charge in [-0.15, -0.1) is 0 Å². The highest BCUT2D eigenvalue weighted by Crippen LogP contribution is 2.36. The number of amides is 2. The van der Waals surface area contributed by atoms with Crippen molar-refractivity contribution in [2.24, 2.45) is 0 Å². The highest BCUT2D eigenvalue weighted by Gasteiger charge is 2.32. The molecule has 6 rings (SSSR count). The predicted molar refractivity (Wildman–Crippen MR) is 186 cm³/mol. The van der Waals surface area contributed by atoms with E-state index in [2.05, 4.69) is 21.3 Å². The highest BCUT2D eigenvalue weighted by molar-refractivity contribution is 8.26. The topological polar surface area (TPSA) is 121 Å². The number of anilines is 1. The summed E-state index contributed by atoms with van der Waals surface area (Å²) in [6.45, 7) is 4.50. The molecule has 2 amide bonds. The number of hydrogen-bond donors (Lipinski definition) is 2. The van der Waals surface area contributed by atoms with Gasteiger partial charge in [-0.3, -0.25) is 24.4 Å². The maximum Gasteiger partial charge on any atom is 0.335 e. The average molecular weight is 669 g/mol. The molecule has 2 aliphatic heterocycles. The number of carbonyl (C=O) groups is 3. The summed E-state index contributed by atoms with van der Waals surface area (Å²) < 4.78 is 12.1. The minimum absolute atomic E-state index is 0.0165. The van der Waals surface area contributed by atoms with E-state index in [0.717, 1.165) is 47.2 Å². The maximum atomic E-state index is 13.5. The van der Waals surface area contributed by atoms with Gasteiger partial charge >= 0.3 is 5.97 Å². The lowest BCUT2D eigenvalue weighted by Crippen LogP contribution is -2.38. The van der Waals surface area contributed by atoms with Crippen LogP contribution in [0.5, 0.6) is 5.75 Å². The zero-order chi connectivity index (χ0) is 32.8. The monoisotopic (exact) mass is 668 g/mol. The first kappa shape index (κ1) is 32.3. The number of nitrogens with zero attached hydrogens (tertiary/aromatic N) is 3. The second-order valence-corrected chi connectivity index (χ2v) is 12.7. The van der Waals surface area contributed by atoms with Gasteiger partial charge in [0.2, 0.25) is 5.91 Å². The van der Waals surface area contributed by atoms with Gasteiger partial charge in [-0.05, 0) is 71.8 Å². The van der Waals surface area contributed by atoms with Crippen LogP contribution in [0.2, 0.25) is 0 Å². The Morgan fingerprint density at radius 3 is 2.57 bits per heavy atom. The molecule has 4 aromatic rings. The number of carbonyl (C=O) groups excluding carboxylic acids is 2. The van der Waals surface area contributed by atoms with Crippen LogP contribution < -0.4 is 10.1 Å². The van der Waals surface area contributed by atoms with E-state index in [0.29, 0.717) is 40.5 Å². The summed E-state index contributed by atoms with van der Waals surface area (Å²) in [5.74, 6) is -0.988. The highest BCUT2D eigenvalue weighted by atomic mass is 32.2. The Bertz CT molecular complexity index is 1860. The number of fused-ring (bicyclic) bond motifs is 1. The first-order valence-corrected chi connectivity index (χ1v) is 16.4. The second-order valence-electron chi connectivity index (χ2n) is 11.0. The quantitative estimate of drug-likeness (QED) is 0.156. The van der Waals surface area contributed by atoms with E-state index in [4.69, 9.17) is 26.8 Å². The molecule has 240 valence electrons. The Hall–Kier alpha value is -4.62. The van der Waals surface area contributed by atoms with E-state index < -0.39 is 5.97 Å². The molecule has 2 saturated heterocycles. The standard InChI is InChI=1S/C35H32N4O6S2/c40-32(37-28-7-3-23(4-8-28)34(42)43)11-13-39-33(41)31(47-35(39)46)22-27-21-25(24-5-9-29-26(20-24)2-1-12-36-29)6-10-30(27)45-19-16-38-14-17-44-18-15-38/h1-10,12,20-22H,11,13-19H2,(H,37,40)(H,42,43)/b31-22-. The number of thioether (sulfide) groups is 1. The fourth-order valence-corrected chi connectivity index (χ4v) is 6.60. The number of aromatic carboxylic acids is 1. The zero-order valence-electron chi connectivity index (χ0n) is 25.4. The molecular weight excluding hydrogens is 637 g/mol. The van der Waals surface area contributed by atoms with E-state index in [1.54, 1.807) is 12.3 Å². The van der Waals surface area contributed by atoms with Gasteiger partial charge in [-0.25, -0.2) is 4.79 Å². The van der Waals surface area contributed by atoms with Gasteiger partial charge in [0, 0.05) is 55.4 Å². The van der Waals surface area contributed by atoms with Gasteiger partial charge in [0.15, 0.2) is 0 Å². The molecule has 0 saturated carbocycles. The smallest absolute Gasteiger partial charge is 0.335 e. The van der Waals surface area contributed by atoms with Crippen LogP contribution in [-0.4, -0.2) is 88.0 Å². The number of thiocarbonyl (C=S) groups is 1. The number of carboxylic acids is 1. The molecule has 0 atom stereocenters. The molecule has 2 N–H and O–H groups in total. The van der Waals surface area contributed by atoms with Crippen LogP contribution in [0.25, 0.3) is 28.1 Å². The van der Waals surface area contributed by atoms with Crippen LogP contribution in [0.15, 0.2) is 83.9 Å². The Morgan fingerprint density at radius 1 is 1.02 bits per heavy atom. The van der Waals surface area contributed by atoms with Crippen molar-refractivity contribution in [3.05, 3.63) is 95.0 Å². The van der Waals surface area contributed by atoms with Gasteiger partial charge in [-0.1, -0.05) is 42.2 Å². The summed E-state index contributed by atoms with van der Waals surface area (Å²) in [7, 11) is 0. The van der Waals surface area contributed by atoms with Gasteiger partial charge in [-0.2, -0.15) is 0 Å². The van der Waals surface area contributed by atoms with E-state index in [1.165, 1.54) is 40.9 Å². The van der Waals surface area contributed by atoms with Crippen LogP contribution >= 0.6 is 24.0 Å². The number of benzene rings is 3. The summed E-state index contributed by atoms with van der Waals surface area (Å²) >= 11 is 6.73. The fraction of sp³-hybridized carbons (Fsp3) is 0.229. The lowest BCUT2D eigenvalue weighted by Gasteiger charge is -2.26. The van der Waals surface area contributed by atoms with Crippen LogP contribution in [0, 0.1) is 0 Å². The van der Waals surface area contributed by atoms with E-state index in [1.807, 2.05) is 42.5 Å². The first-order chi connectivity index (χ1) is 22.8. The number of hydrogen-bond acceptors (Lipinski definition) is 9. The predicted octanol–water partition coefficient (Wildman–Crippen LogP) is 5.54. The Balaban J connectivity index is 1.18. The number of aromatic nitrogens is 1. The van der Waals surface area contributed by atoms with Crippen molar-refractivity contribution in [2.75, 3.05) is 51.3 Å². The Labute approximate surface area is 281 Å². The van der Waals surface area contributed by atoms with Gasteiger partial charge in [0.05, 0.1) is 29.2 Å². The van der Waals surface area contributed by atoms with Crippen molar-refractivity contribution in [1.29, 1.82) is 0 Å². The lowest BCUT2D eigenvalue weighted by atomic mass is 10.0. The third kappa shape index (κ3) is 8.03. The molecule has 0 bridgehead atoms. The number of ether oxygens (including phenoxy) is 2. The number of pyridine rings is 1. The number of carboxylic acid groups (broad SMARTS) is 1. The van der Waals surface area contributed by atoms with Crippen molar-refractivity contribution in [3.63, 3.8) is 0 Å². The minimum atomic E-state index is -1.05. The number of nitrogens with one attached hydrogen (secondary N) is 1. The molecule has 12 heteroatoms. The molecule has 0 spiro atoms. The molecule has 0 radical (unpaired) electrons. The first-order valence-electron chi connectivity index (χ1n) is 15.1. The summed E-state index contributed by atoms with van der Waals surface area (Å²) in [6.07, 6.45) is 3.59. The molecule has 47 heavy (non-hydrogen) atoms. The molecule has 1 aromatic heterocycles. The summed E-state index contributed by atoms with van der Waals surface area (Å²) in [4.78, 5) is 45.8. The third-order valence-electron chi connectivity index (χ3n) is 7.85. The van der Waals surface area contributed by atoms with Crippen molar-refractivity contribution >= 4 is 68.8 Å². The Morgan fingerprint density at radius 2 is 1.79 bits per heavy atom. The van der Waals surface area contributed by atoms with Crippen molar-refractivity contribution in [3.8, 4) is 16.9 Å². The molecule has 2 fully saturated rings. The van der Waals surface area contributed by atoms with Crippen molar-refractivity contribution in [1.82, 2.24) is 14.8 Å². The third-order valence-corrected chi connectivity index (χ3v) is 9.23. The molecule has 3 heterocycles. The maximum absolute atomic E-state index is 13.5. The van der Waals surface area contributed by atoms with Gasteiger partial charge < -0.3 is 19.9 Å². The number of morpholine rings is 1. The molecule has 2 aliphatic rings. The SMILES string of the molecule is O=C(CCN1C(=O)/C(=C/c2cc(-c3ccc4ncccc4c3)ccc2OCCN2CCOCC2)SC1=S)Nc1ccc(C(=O)O)cc1. The van der Waals surface area contributed by atoms with Gasteiger partial charge in [0.1, 0.15) is 16.7 Å². The fourth-order valence-electron chi connectivity index (χ4n) is 5.30. The van der Waals surface area contributed by atoms with E-state index in [9.17, 15) is 14.4 Å². The van der Waals surface area contributed by atoms with Crippen LogP contribution in [0.4, 0.5) is 5.69 Å². The minimum Gasteiger partial charge on any atom is -0.492 e. The largest absolute Gasteiger partial charge is 0.492 e. The Kier molecular flexibility index (Phi) is 10.2. The van der Waals surface area contributed by atoms with Crippen LogP contribution in [0.1, 0.15) is 22.3 Å². The van der Waals surface area contributed by atoms with Crippen LogP contribution in [0.3, 0.4) is 0 Å². The molecular formula is C35H32N4O6S2. The average Bonchev–Trinajstić information content (AvgIpc) is 3.35. The number of rotatable bonds is 11. The van der Waals surface area contributed by atoms with Crippen molar-refractivity contribution < 1.29 is 29.0 Å². The van der Waals surface area contributed by atoms with E-state index >= 15 is 0 Å². The summed E-state index contributed by atoms with van der Waals surface area (Å²) in [6, 6.07) is 21.9.